The van der Waals surface area contributed by atoms with Gasteiger partial charge < -0.3 is 15.0 Å². The van der Waals surface area contributed by atoms with Crippen molar-refractivity contribution in [3.05, 3.63) is 30.0 Å². The first kappa shape index (κ1) is 16.4. The average Bonchev–Trinajstić information content (AvgIpc) is 2.82. The maximum Gasteiger partial charge on any atom is 0.216 e. The number of nitrogens with one attached hydrogen (secondary N) is 2. The monoisotopic (exact) mass is 302 g/mol. The number of rotatable bonds is 7. The maximum absolute atomic E-state index is 11.0. The molecule has 2 aromatic rings. The van der Waals surface area contributed by atoms with Crippen molar-refractivity contribution >= 4 is 16.8 Å². The Labute approximate surface area is 132 Å². The van der Waals surface area contributed by atoms with Crippen LogP contribution < -0.4 is 10.1 Å². The predicted molar refractivity (Wildman–Crippen MR) is 90.2 cm³/mol. The van der Waals surface area contributed by atoms with Crippen molar-refractivity contribution in [1.29, 1.82) is 0 Å². The van der Waals surface area contributed by atoms with E-state index in [0.717, 1.165) is 24.1 Å². The van der Waals surface area contributed by atoms with E-state index in [2.05, 4.69) is 37.1 Å². The van der Waals surface area contributed by atoms with E-state index in [-0.39, 0.29) is 12.0 Å². The maximum atomic E-state index is 11.0. The molecule has 2 rings (SSSR count). The highest BCUT2D eigenvalue weighted by Crippen LogP contribution is 2.28. The molecule has 1 unspecified atom stereocenters. The molecule has 0 spiro atoms. The molecule has 0 saturated carbocycles. The van der Waals surface area contributed by atoms with Gasteiger partial charge >= 0.3 is 0 Å². The quantitative estimate of drug-likeness (QED) is 0.820. The second-order valence-electron chi connectivity index (χ2n) is 6.28. The Balaban J connectivity index is 2.13. The molecule has 0 aliphatic carbocycles. The molecule has 0 radical (unpaired) electrons. The van der Waals surface area contributed by atoms with Gasteiger partial charge in [-0.3, -0.25) is 4.79 Å². The summed E-state index contributed by atoms with van der Waals surface area (Å²) in [6, 6.07) is 6.12. The van der Waals surface area contributed by atoms with Crippen LogP contribution in [0.1, 0.15) is 39.7 Å². The molecule has 1 aromatic carbocycles. The lowest BCUT2D eigenvalue weighted by Crippen LogP contribution is -2.22. The summed E-state index contributed by atoms with van der Waals surface area (Å²) in [5.41, 5.74) is 2.24. The van der Waals surface area contributed by atoms with Crippen LogP contribution in [0, 0.1) is 5.92 Å². The van der Waals surface area contributed by atoms with Crippen molar-refractivity contribution in [2.24, 2.45) is 5.92 Å². The van der Waals surface area contributed by atoms with Crippen LogP contribution in [0.15, 0.2) is 24.4 Å². The summed E-state index contributed by atoms with van der Waals surface area (Å²) in [4.78, 5) is 14.3. The molecule has 22 heavy (non-hydrogen) atoms. The van der Waals surface area contributed by atoms with Gasteiger partial charge in [0.1, 0.15) is 5.75 Å². The molecule has 1 amide bonds. The van der Waals surface area contributed by atoms with Gasteiger partial charge in [-0.15, -0.1) is 0 Å². The van der Waals surface area contributed by atoms with Crippen LogP contribution in [0.2, 0.25) is 0 Å². The van der Waals surface area contributed by atoms with Crippen molar-refractivity contribution in [1.82, 2.24) is 10.3 Å². The van der Waals surface area contributed by atoms with Crippen LogP contribution in [-0.2, 0) is 11.2 Å². The predicted octanol–water partition coefficient (Wildman–Crippen LogP) is 3.66. The Hall–Kier alpha value is -1.97. The fraction of sp³-hybridized carbons (Fsp3) is 0.500. The first-order valence-corrected chi connectivity index (χ1v) is 7.97. The second-order valence-corrected chi connectivity index (χ2v) is 6.28. The molecule has 0 aliphatic rings. The minimum Gasteiger partial charge on any atom is -0.489 e. The molecule has 1 heterocycles. The first-order valence-electron chi connectivity index (χ1n) is 7.97. The fourth-order valence-corrected chi connectivity index (χ4v) is 2.79. The Morgan fingerprint density at radius 2 is 2.09 bits per heavy atom. The lowest BCUT2D eigenvalue weighted by molar-refractivity contribution is -0.118. The fourth-order valence-electron chi connectivity index (χ4n) is 2.79. The third kappa shape index (κ3) is 4.26. The third-order valence-electron chi connectivity index (χ3n) is 3.66. The largest absolute Gasteiger partial charge is 0.489 e. The van der Waals surface area contributed by atoms with Crippen LogP contribution in [-0.4, -0.2) is 23.5 Å². The number of carbonyl (C=O) groups is 1. The topological polar surface area (TPSA) is 54.1 Å². The minimum absolute atomic E-state index is 0.00590. The summed E-state index contributed by atoms with van der Waals surface area (Å²) in [6.45, 7) is 8.71. The standard InChI is InChI=1S/C18H26N2O2/c1-12(2)10-13(3)22-17-7-5-6-16-15(11-20-18(16)17)8-9-19-14(4)21/h5-7,11-13,20H,8-10H2,1-4H3,(H,19,21). The molecule has 4 nitrogen and oxygen atoms in total. The van der Waals surface area contributed by atoms with Gasteiger partial charge in [0.25, 0.3) is 0 Å². The van der Waals surface area contributed by atoms with Gasteiger partial charge in [-0.05, 0) is 37.3 Å². The summed E-state index contributed by atoms with van der Waals surface area (Å²) < 4.78 is 6.09. The molecule has 2 N–H and O–H groups in total. The smallest absolute Gasteiger partial charge is 0.216 e. The van der Waals surface area contributed by atoms with Gasteiger partial charge in [0, 0.05) is 25.1 Å². The number of hydrogen-bond acceptors (Lipinski definition) is 2. The van der Waals surface area contributed by atoms with Crippen molar-refractivity contribution < 1.29 is 9.53 Å². The molecule has 0 fully saturated rings. The molecule has 4 heteroatoms. The summed E-state index contributed by atoms with van der Waals surface area (Å²) in [7, 11) is 0. The van der Waals surface area contributed by atoms with Gasteiger partial charge in [0.2, 0.25) is 5.91 Å². The average molecular weight is 302 g/mol. The van der Waals surface area contributed by atoms with E-state index in [1.54, 1.807) is 0 Å². The highest BCUT2D eigenvalue weighted by atomic mass is 16.5. The number of carbonyl (C=O) groups excluding carboxylic acids is 1. The van der Waals surface area contributed by atoms with Gasteiger partial charge in [0.15, 0.2) is 0 Å². The Kier molecular flexibility index (Phi) is 5.47. The lowest BCUT2D eigenvalue weighted by Gasteiger charge is -2.17. The minimum atomic E-state index is 0.00590. The zero-order chi connectivity index (χ0) is 16.1. The molecule has 0 bridgehead atoms. The van der Waals surface area contributed by atoms with E-state index in [9.17, 15) is 4.79 Å². The van der Waals surface area contributed by atoms with E-state index in [4.69, 9.17) is 4.74 Å². The van der Waals surface area contributed by atoms with Gasteiger partial charge in [-0.25, -0.2) is 0 Å². The first-order chi connectivity index (χ1) is 10.5. The van der Waals surface area contributed by atoms with Crippen LogP contribution in [0.3, 0.4) is 0 Å². The molecule has 1 aromatic heterocycles. The highest BCUT2D eigenvalue weighted by Gasteiger charge is 2.12. The number of para-hydroxylation sites is 1. The molecular formula is C18H26N2O2. The number of H-pyrrole nitrogens is 1. The van der Waals surface area contributed by atoms with Crippen molar-refractivity contribution in [3.8, 4) is 5.75 Å². The van der Waals surface area contributed by atoms with E-state index in [0.29, 0.717) is 12.5 Å². The van der Waals surface area contributed by atoms with Gasteiger partial charge in [-0.1, -0.05) is 26.0 Å². The molecule has 1 atom stereocenters. The zero-order valence-corrected chi connectivity index (χ0v) is 13.9. The molecule has 120 valence electrons. The van der Waals surface area contributed by atoms with Crippen molar-refractivity contribution in [2.75, 3.05) is 6.54 Å². The van der Waals surface area contributed by atoms with Gasteiger partial charge in [-0.2, -0.15) is 0 Å². The van der Waals surface area contributed by atoms with Gasteiger partial charge in [0.05, 0.1) is 11.6 Å². The van der Waals surface area contributed by atoms with E-state index < -0.39 is 0 Å². The second kappa shape index (κ2) is 7.34. The van der Waals surface area contributed by atoms with E-state index in [1.807, 2.05) is 18.3 Å². The molecular weight excluding hydrogens is 276 g/mol. The Morgan fingerprint density at radius 1 is 1.32 bits per heavy atom. The normalized spacial score (nSPS) is 12.6. The number of hydrogen-bond donors (Lipinski definition) is 2. The lowest BCUT2D eigenvalue weighted by atomic mass is 10.1. The number of benzene rings is 1. The zero-order valence-electron chi connectivity index (χ0n) is 13.9. The third-order valence-corrected chi connectivity index (χ3v) is 3.66. The summed E-state index contributed by atoms with van der Waals surface area (Å²) in [5.74, 6) is 1.52. The summed E-state index contributed by atoms with van der Waals surface area (Å²) in [5, 5.41) is 4.00. The molecule has 0 saturated heterocycles. The van der Waals surface area contributed by atoms with Crippen molar-refractivity contribution in [2.45, 2.75) is 46.6 Å². The van der Waals surface area contributed by atoms with Crippen LogP contribution in [0.4, 0.5) is 0 Å². The van der Waals surface area contributed by atoms with Crippen molar-refractivity contribution in [3.63, 3.8) is 0 Å². The number of amides is 1. The Bertz CT molecular complexity index is 631. The summed E-state index contributed by atoms with van der Waals surface area (Å²) >= 11 is 0. The van der Waals surface area contributed by atoms with Crippen LogP contribution in [0.25, 0.3) is 10.9 Å². The SMILES string of the molecule is CC(=O)NCCc1c[nH]c2c(OC(C)CC(C)C)cccc12. The number of aromatic amines is 1. The van der Waals surface area contributed by atoms with Crippen LogP contribution in [0.5, 0.6) is 5.75 Å². The summed E-state index contributed by atoms with van der Waals surface area (Å²) in [6.07, 6.45) is 4.04. The van der Waals surface area contributed by atoms with E-state index in [1.165, 1.54) is 17.9 Å². The Morgan fingerprint density at radius 3 is 2.77 bits per heavy atom. The molecule has 0 aliphatic heterocycles. The van der Waals surface area contributed by atoms with Crippen LogP contribution >= 0.6 is 0 Å². The van der Waals surface area contributed by atoms with E-state index >= 15 is 0 Å². The number of fused-ring (bicyclic) bond motifs is 1. The number of aromatic nitrogens is 1. The highest BCUT2D eigenvalue weighted by molar-refractivity contribution is 5.88. The number of ether oxygens (including phenoxy) is 1.